The minimum atomic E-state index is 0.682. The molecule has 0 aromatic carbocycles. The fourth-order valence-electron chi connectivity index (χ4n) is 3.30. The van der Waals surface area contributed by atoms with Gasteiger partial charge in [-0.25, -0.2) is 9.97 Å². The van der Waals surface area contributed by atoms with Crippen LogP contribution in [0.4, 0.5) is 5.82 Å². The molecule has 2 aromatic rings. The smallest absolute Gasteiger partial charge is 0.135 e. The fourth-order valence-corrected chi connectivity index (χ4v) is 3.30. The number of hydrogen-bond donors (Lipinski definition) is 0. The van der Waals surface area contributed by atoms with Crippen molar-refractivity contribution in [3.05, 3.63) is 35.5 Å². The lowest BCUT2D eigenvalue weighted by molar-refractivity contribution is 0.339. The van der Waals surface area contributed by atoms with Gasteiger partial charge in [-0.05, 0) is 31.7 Å². The topological polar surface area (TPSA) is 46.8 Å². The monoisotopic (exact) mass is 269 g/mol. The van der Waals surface area contributed by atoms with Gasteiger partial charge in [-0.1, -0.05) is 0 Å². The summed E-state index contributed by atoms with van der Waals surface area (Å²) in [5.41, 5.74) is 3.89. The van der Waals surface area contributed by atoms with Gasteiger partial charge in [0, 0.05) is 43.0 Å². The summed E-state index contributed by atoms with van der Waals surface area (Å²) in [6.07, 6.45) is 9.26. The molecule has 2 aliphatic rings. The van der Waals surface area contributed by atoms with E-state index >= 15 is 0 Å². The van der Waals surface area contributed by atoms with E-state index in [9.17, 15) is 0 Å². The highest BCUT2D eigenvalue weighted by atomic mass is 15.3. The molecular weight excluding hydrogens is 250 g/mol. The number of rotatable bonds is 3. The summed E-state index contributed by atoms with van der Waals surface area (Å²) in [7, 11) is 0. The summed E-state index contributed by atoms with van der Waals surface area (Å²) in [5, 5.41) is 4.37. The van der Waals surface area contributed by atoms with Gasteiger partial charge >= 0.3 is 0 Å². The van der Waals surface area contributed by atoms with Crippen molar-refractivity contribution in [2.45, 2.75) is 32.7 Å². The van der Waals surface area contributed by atoms with Crippen LogP contribution >= 0.6 is 0 Å². The van der Waals surface area contributed by atoms with Crippen LogP contribution in [0.25, 0.3) is 0 Å². The van der Waals surface area contributed by atoms with E-state index < -0.39 is 0 Å². The van der Waals surface area contributed by atoms with E-state index in [0.29, 0.717) is 5.92 Å². The Morgan fingerprint density at radius 2 is 2.15 bits per heavy atom. The van der Waals surface area contributed by atoms with Crippen molar-refractivity contribution in [1.29, 1.82) is 0 Å². The maximum absolute atomic E-state index is 4.51. The van der Waals surface area contributed by atoms with Crippen LogP contribution in [0.2, 0.25) is 0 Å². The van der Waals surface area contributed by atoms with Crippen LogP contribution in [0.15, 0.2) is 18.7 Å². The molecule has 3 heterocycles. The Balaban J connectivity index is 1.43. The highest BCUT2D eigenvalue weighted by molar-refractivity contribution is 5.52. The molecule has 0 saturated carbocycles. The summed E-state index contributed by atoms with van der Waals surface area (Å²) in [4.78, 5) is 11.3. The highest BCUT2D eigenvalue weighted by Gasteiger charge is 2.31. The van der Waals surface area contributed by atoms with Crippen LogP contribution in [-0.2, 0) is 19.4 Å². The quantitative estimate of drug-likeness (QED) is 0.849. The predicted molar refractivity (Wildman–Crippen MR) is 76.7 cm³/mol. The van der Waals surface area contributed by atoms with Crippen LogP contribution < -0.4 is 4.90 Å². The summed E-state index contributed by atoms with van der Waals surface area (Å²) < 4.78 is 2.06. The summed E-state index contributed by atoms with van der Waals surface area (Å²) in [6, 6.07) is 0. The van der Waals surface area contributed by atoms with Gasteiger partial charge in [-0.3, -0.25) is 4.68 Å². The summed E-state index contributed by atoms with van der Waals surface area (Å²) >= 11 is 0. The molecule has 0 atom stereocenters. The van der Waals surface area contributed by atoms with E-state index in [-0.39, 0.29) is 0 Å². The van der Waals surface area contributed by atoms with Crippen LogP contribution in [0.3, 0.4) is 0 Å². The third-order valence-electron chi connectivity index (χ3n) is 4.32. The molecule has 1 aliphatic carbocycles. The molecule has 0 unspecified atom stereocenters. The van der Waals surface area contributed by atoms with Crippen molar-refractivity contribution in [3.8, 4) is 0 Å². The number of aromatic nitrogens is 4. The van der Waals surface area contributed by atoms with Gasteiger partial charge in [0.1, 0.15) is 12.1 Å². The van der Waals surface area contributed by atoms with Crippen LogP contribution in [-0.4, -0.2) is 32.8 Å². The van der Waals surface area contributed by atoms with Gasteiger partial charge in [0.15, 0.2) is 0 Å². The van der Waals surface area contributed by atoms with Crippen molar-refractivity contribution in [2.75, 3.05) is 18.0 Å². The molecule has 104 valence electrons. The first-order valence-corrected chi connectivity index (χ1v) is 7.36. The molecule has 1 aliphatic heterocycles. The summed E-state index contributed by atoms with van der Waals surface area (Å²) in [5.74, 6) is 1.86. The molecule has 0 spiro atoms. The van der Waals surface area contributed by atoms with Gasteiger partial charge in [0.2, 0.25) is 0 Å². The number of nitrogens with zero attached hydrogens (tertiary/aromatic N) is 5. The van der Waals surface area contributed by atoms with Crippen LogP contribution in [0.5, 0.6) is 0 Å². The van der Waals surface area contributed by atoms with Crippen LogP contribution in [0.1, 0.15) is 23.2 Å². The Morgan fingerprint density at radius 1 is 1.25 bits per heavy atom. The van der Waals surface area contributed by atoms with E-state index in [2.05, 4.69) is 37.8 Å². The maximum atomic E-state index is 4.51. The molecule has 1 saturated heterocycles. The Bertz CT molecular complexity index is 627. The lowest BCUT2D eigenvalue weighted by Gasteiger charge is -2.40. The SMILES string of the molecule is Cc1cnn(CC2CN(c3ncnc4c3CCC4)C2)c1. The van der Waals surface area contributed by atoms with E-state index in [0.717, 1.165) is 32.5 Å². The van der Waals surface area contributed by atoms with Crippen molar-refractivity contribution in [1.82, 2.24) is 19.7 Å². The number of fused-ring (bicyclic) bond motifs is 1. The Morgan fingerprint density at radius 3 is 2.95 bits per heavy atom. The van der Waals surface area contributed by atoms with Crippen molar-refractivity contribution in [2.24, 2.45) is 5.92 Å². The molecule has 5 nitrogen and oxygen atoms in total. The zero-order chi connectivity index (χ0) is 13.5. The fraction of sp³-hybridized carbons (Fsp3) is 0.533. The Kier molecular flexibility index (Phi) is 2.72. The van der Waals surface area contributed by atoms with Crippen molar-refractivity contribution < 1.29 is 0 Å². The standard InChI is InChI=1S/C15H19N5/c1-11-5-18-20(6-11)9-12-7-19(8-12)15-13-3-2-4-14(13)16-10-17-15/h5-6,10,12H,2-4,7-9H2,1H3. The van der Waals surface area contributed by atoms with E-state index in [1.165, 1.54) is 29.1 Å². The second-order valence-electron chi connectivity index (χ2n) is 5.99. The Hall–Kier alpha value is -1.91. The van der Waals surface area contributed by atoms with Crippen molar-refractivity contribution in [3.63, 3.8) is 0 Å². The third kappa shape index (κ3) is 1.97. The first-order chi connectivity index (χ1) is 9.79. The molecule has 0 radical (unpaired) electrons. The average molecular weight is 269 g/mol. The molecule has 20 heavy (non-hydrogen) atoms. The zero-order valence-corrected chi connectivity index (χ0v) is 11.8. The molecule has 4 rings (SSSR count). The first-order valence-electron chi connectivity index (χ1n) is 7.36. The van der Waals surface area contributed by atoms with Crippen LogP contribution in [0, 0.1) is 12.8 Å². The average Bonchev–Trinajstić information content (AvgIpc) is 3.01. The van der Waals surface area contributed by atoms with Crippen molar-refractivity contribution >= 4 is 5.82 Å². The molecule has 1 fully saturated rings. The van der Waals surface area contributed by atoms with Gasteiger partial charge in [-0.15, -0.1) is 0 Å². The maximum Gasteiger partial charge on any atom is 0.135 e. The molecule has 0 bridgehead atoms. The molecular formula is C15H19N5. The second-order valence-corrected chi connectivity index (χ2v) is 5.99. The predicted octanol–water partition coefficient (Wildman–Crippen LogP) is 1.61. The molecule has 0 amide bonds. The highest BCUT2D eigenvalue weighted by Crippen LogP contribution is 2.32. The molecule has 0 N–H and O–H groups in total. The number of aryl methyl sites for hydroxylation is 2. The third-order valence-corrected chi connectivity index (χ3v) is 4.32. The van der Waals surface area contributed by atoms with Gasteiger partial charge < -0.3 is 4.90 Å². The lowest BCUT2D eigenvalue weighted by atomic mass is 9.99. The minimum Gasteiger partial charge on any atom is -0.355 e. The van der Waals surface area contributed by atoms with E-state index in [1.54, 1.807) is 6.33 Å². The minimum absolute atomic E-state index is 0.682. The molecule has 5 heteroatoms. The molecule has 2 aromatic heterocycles. The first kappa shape index (κ1) is 11.9. The summed E-state index contributed by atoms with van der Waals surface area (Å²) in [6.45, 7) is 5.27. The second kappa shape index (κ2) is 4.58. The Labute approximate surface area is 118 Å². The number of anilines is 1. The van der Waals surface area contributed by atoms with E-state index in [4.69, 9.17) is 0 Å². The largest absolute Gasteiger partial charge is 0.355 e. The lowest BCUT2D eigenvalue weighted by Crippen LogP contribution is -2.49. The van der Waals surface area contributed by atoms with E-state index in [1.807, 2.05) is 6.20 Å². The van der Waals surface area contributed by atoms with Gasteiger partial charge in [0.25, 0.3) is 0 Å². The van der Waals surface area contributed by atoms with Gasteiger partial charge in [-0.2, -0.15) is 5.10 Å². The zero-order valence-electron chi connectivity index (χ0n) is 11.8. The number of hydrogen-bond acceptors (Lipinski definition) is 4. The normalized spacial score (nSPS) is 18.1. The van der Waals surface area contributed by atoms with Gasteiger partial charge in [0.05, 0.1) is 6.20 Å².